The van der Waals surface area contributed by atoms with Gasteiger partial charge in [0.25, 0.3) is 0 Å². The number of halogens is 2. The monoisotopic (exact) mass is 455 g/mol. The Bertz CT molecular complexity index is 710. The zero-order valence-corrected chi connectivity index (χ0v) is 17.4. The molecule has 1 aromatic carbocycles. The lowest BCUT2D eigenvalue weighted by Gasteiger charge is -2.35. The summed E-state index contributed by atoms with van der Waals surface area (Å²) in [5.74, 6) is -0.889. The molecule has 1 saturated heterocycles. The van der Waals surface area contributed by atoms with E-state index in [1.165, 1.54) is 6.07 Å². The molecule has 28 heavy (non-hydrogen) atoms. The lowest BCUT2D eigenvalue weighted by atomic mass is 9.93. The molecule has 1 aliphatic heterocycles. The second-order valence-electron chi connectivity index (χ2n) is 7.70. The Morgan fingerprint density at radius 1 is 1.11 bits per heavy atom. The first-order chi connectivity index (χ1) is 13.4. The Hall–Kier alpha value is -1.67. The minimum absolute atomic E-state index is 0.0363. The van der Waals surface area contributed by atoms with E-state index in [0.717, 1.165) is 32.2 Å². The topological polar surface area (TPSA) is 81.7 Å². The van der Waals surface area contributed by atoms with Gasteiger partial charge >= 0.3 is 0 Å². The maximum absolute atomic E-state index is 14.2. The third-order valence-electron chi connectivity index (χ3n) is 5.42. The molecule has 0 radical (unpaired) electrons. The number of hydrogen-bond acceptors (Lipinski definition) is 4. The first-order valence-corrected chi connectivity index (χ1v) is 10.7. The quantitative estimate of drug-likeness (QED) is 0.595. The number of rotatable bonds is 5. The van der Waals surface area contributed by atoms with E-state index >= 15 is 0 Å². The summed E-state index contributed by atoms with van der Waals surface area (Å²) < 4.78 is 14.9. The average Bonchev–Trinajstić information content (AvgIpc) is 2.63. The van der Waals surface area contributed by atoms with Crippen LogP contribution < -0.4 is 15.5 Å². The van der Waals surface area contributed by atoms with Crippen LogP contribution in [0.5, 0.6) is 0 Å². The summed E-state index contributed by atoms with van der Waals surface area (Å²) in [4.78, 5) is 26.3. The molecule has 3 N–H and O–H groups in total. The van der Waals surface area contributed by atoms with Crippen molar-refractivity contribution >= 4 is 33.4 Å². The zero-order valence-electron chi connectivity index (χ0n) is 15.8. The summed E-state index contributed by atoms with van der Waals surface area (Å²) >= 11 is 3.26. The fourth-order valence-electron chi connectivity index (χ4n) is 3.97. The van der Waals surface area contributed by atoms with Crippen LogP contribution in [0.25, 0.3) is 0 Å². The van der Waals surface area contributed by atoms with Crippen LogP contribution in [-0.4, -0.2) is 48.2 Å². The molecule has 1 atom stereocenters. The number of hydrogen-bond donors (Lipinski definition) is 3. The Morgan fingerprint density at radius 3 is 2.46 bits per heavy atom. The largest absolute Gasteiger partial charge is 0.393 e. The fourth-order valence-corrected chi connectivity index (χ4v) is 4.31. The summed E-state index contributed by atoms with van der Waals surface area (Å²) in [7, 11) is 0. The number of benzene rings is 1. The highest BCUT2D eigenvalue weighted by molar-refractivity contribution is 9.10. The van der Waals surface area contributed by atoms with Crippen LogP contribution in [0.3, 0.4) is 0 Å². The van der Waals surface area contributed by atoms with Crippen molar-refractivity contribution in [2.45, 2.75) is 63.1 Å². The molecule has 2 fully saturated rings. The molecule has 1 saturated carbocycles. The Labute approximate surface area is 173 Å². The molecule has 0 aromatic heterocycles. The van der Waals surface area contributed by atoms with Crippen LogP contribution in [0, 0.1) is 5.82 Å². The normalized spacial score (nSPS) is 25.2. The van der Waals surface area contributed by atoms with Crippen LogP contribution >= 0.6 is 15.9 Å². The van der Waals surface area contributed by atoms with E-state index in [-0.39, 0.29) is 42.2 Å². The average molecular weight is 456 g/mol. The molecule has 0 unspecified atom stereocenters. The number of amides is 2. The summed E-state index contributed by atoms with van der Waals surface area (Å²) in [6.45, 7) is 1.26. The minimum Gasteiger partial charge on any atom is -0.393 e. The van der Waals surface area contributed by atoms with Gasteiger partial charge in [-0.05, 0) is 56.7 Å². The first-order valence-electron chi connectivity index (χ1n) is 9.87. The van der Waals surface area contributed by atoms with Crippen LogP contribution in [-0.2, 0) is 9.59 Å². The van der Waals surface area contributed by atoms with Crippen molar-refractivity contribution in [2.75, 3.05) is 18.0 Å². The molecule has 2 aliphatic rings. The molecule has 1 heterocycles. The summed E-state index contributed by atoms with van der Waals surface area (Å²) in [5, 5.41) is 15.3. The van der Waals surface area contributed by atoms with Crippen molar-refractivity contribution < 1.29 is 19.1 Å². The molecular formula is C20H27BrFN3O3. The van der Waals surface area contributed by atoms with Gasteiger partial charge in [0.1, 0.15) is 12.2 Å². The maximum atomic E-state index is 14.2. The number of anilines is 1. The molecule has 154 valence electrons. The van der Waals surface area contributed by atoms with E-state index in [2.05, 4.69) is 26.6 Å². The van der Waals surface area contributed by atoms with Crippen molar-refractivity contribution in [1.29, 1.82) is 0 Å². The Kier molecular flexibility index (Phi) is 7.29. The number of nitrogens with zero attached hydrogens (tertiary/aromatic N) is 1. The number of carbonyl (C=O) groups is 2. The predicted molar refractivity (Wildman–Crippen MR) is 109 cm³/mol. The highest BCUT2D eigenvalue weighted by Gasteiger charge is 2.25. The predicted octanol–water partition coefficient (Wildman–Crippen LogP) is 2.48. The van der Waals surface area contributed by atoms with Crippen molar-refractivity contribution in [1.82, 2.24) is 10.6 Å². The van der Waals surface area contributed by atoms with Gasteiger partial charge < -0.3 is 20.6 Å². The molecule has 3 rings (SSSR count). The van der Waals surface area contributed by atoms with Crippen LogP contribution in [0.2, 0.25) is 0 Å². The number of aliphatic hydroxyl groups is 1. The van der Waals surface area contributed by atoms with E-state index in [1.54, 1.807) is 12.1 Å². The number of carbonyl (C=O) groups excluding carboxylic acids is 2. The standard InChI is InChI=1S/C20H27BrFN3O3/c21-13-3-8-18(17(22)10-13)25-9-1-2-15(12-25)24-20(28)11-19(27)23-14-4-6-16(26)7-5-14/h3,8,10,14-16,26H,1-2,4-7,9,11-12H2,(H,23,27)(H,24,28)/t14-,15-,16+/m0/s1. The molecule has 0 bridgehead atoms. The van der Waals surface area contributed by atoms with Crippen LogP contribution in [0.4, 0.5) is 10.1 Å². The fraction of sp³-hybridized carbons (Fsp3) is 0.600. The number of piperidine rings is 1. The van der Waals surface area contributed by atoms with E-state index in [0.29, 0.717) is 29.5 Å². The van der Waals surface area contributed by atoms with Crippen LogP contribution in [0.15, 0.2) is 22.7 Å². The zero-order chi connectivity index (χ0) is 20.1. The van der Waals surface area contributed by atoms with E-state index in [1.807, 2.05) is 4.90 Å². The van der Waals surface area contributed by atoms with Gasteiger partial charge in [0.15, 0.2) is 0 Å². The third-order valence-corrected chi connectivity index (χ3v) is 5.91. The highest BCUT2D eigenvalue weighted by Crippen LogP contribution is 2.26. The highest BCUT2D eigenvalue weighted by atomic mass is 79.9. The second-order valence-corrected chi connectivity index (χ2v) is 8.61. The van der Waals surface area contributed by atoms with Gasteiger partial charge in [0.05, 0.1) is 11.8 Å². The molecule has 1 aromatic rings. The van der Waals surface area contributed by atoms with E-state index in [9.17, 15) is 19.1 Å². The minimum atomic E-state index is -0.309. The molecule has 0 spiro atoms. The van der Waals surface area contributed by atoms with Gasteiger partial charge in [0.2, 0.25) is 11.8 Å². The van der Waals surface area contributed by atoms with Crippen molar-refractivity contribution in [3.8, 4) is 0 Å². The number of aliphatic hydroxyl groups excluding tert-OH is 1. The molecule has 6 nitrogen and oxygen atoms in total. The lowest BCUT2D eigenvalue weighted by molar-refractivity contribution is -0.130. The lowest BCUT2D eigenvalue weighted by Crippen LogP contribution is -2.49. The van der Waals surface area contributed by atoms with Crippen molar-refractivity contribution in [2.24, 2.45) is 0 Å². The van der Waals surface area contributed by atoms with Crippen molar-refractivity contribution in [3.63, 3.8) is 0 Å². The van der Waals surface area contributed by atoms with Gasteiger partial charge in [-0.1, -0.05) is 15.9 Å². The summed E-state index contributed by atoms with van der Waals surface area (Å²) in [5.41, 5.74) is 0.527. The van der Waals surface area contributed by atoms with Gasteiger partial charge in [-0.15, -0.1) is 0 Å². The smallest absolute Gasteiger partial charge is 0.229 e. The number of nitrogens with one attached hydrogen (secondary N) is 2. The second kappa shape index (κ2) is 9.69. The molecule has 8 heteroatoms. The van der Waals surface area contributed by atoms with Crippen molar-refractivity contribution in [3.05, 3.63) is 28.5 Å². The Morgan fingerprint density at radius 2 is 1.79 bits per heavy atom. The summed E-state index contributed by atoms with van der Waals surface area (Å²) in [6.07, 6.45) is 4.02. The summed E-state index contributed by atoms with van der Waals surface area (Å²) in [6, 6.07) is 4.90. The maximum Gasteiger partial charge on any atom is 0.229 e. The molecular weight excluding hydrogens is 429 g/mol. The van der Waals surface area contributed by atoms with Gasteiger partial charge in [-0.25, -0.2) is 4.39 Å². The Balaban J connectivity index is 1.46. The van der Waals surface area contributed by atoms with Gasteiger partial charge in [0, 0.05) is 29.6 Å². The molecule has 1 aliphatic carbocycles. The van der Waals surface area contributed by atoms with Gasteiger partial charge in [-0.2, -0.15) is 0 Å². The van der Waals surface area contributed by atoms with E-state index < -0.39 is 0 Å². The van der Waals surface area contributed by atoms with Gasteiger partial charge in [-0.3, -0.25) is 9.59 Å². The molecule has 2 amide bonds. The van der Waals surface area contributed by atoms with Crippen LogP contribution in [0.1, 0.15) is 44.9 Å². The SMILES string of the molecule is O=C(CC(=O)N[C@H]1CC[C@@H](O)CC1)N[C@H]1CCCN(c2ccc(Br)cc2F)C1. The first kappa shape index (κ1) is 21.0. The van der Waals surface area contributed by atoms with E-state index in [4.69, 9.17) is 0 Å². The third kappa shape index (κ3) is 5.91.